The fraction of sp³-hybridized carbons (Fsp3) is 0.400. The van der Waals surface area contributed by atoms with E-state index in [2.05, 4.69) is 28.9 Å². The van der Waals surface area contributed by atoms with Crippen molar-refractivity contribution in [3.05, 3.63) is 56.4 Å². The number of H-pyrrole nitrogens is 1. The first-order valence-electron chi connectivity index (χ1n) is 8.94. The van der Waals surface area contributed by atoms with Crippen LogP contribution in [0.2, 0.25) is 0 Å². The van der Waals surface area contributed by atoms with Crippen molar-refractivity contribution in [3.8, 4) is 5.75 Å². The van der Waals surface area contributed by atoms with Gasteiger partial charge >= 0.3 is 0 Å². The first-order chi connectivity index (χ1) is 12.6. The molecule has 1 aliphatic rings. The lowest BCUT2D eigenvalue weighted by Gasteiger charge is -2.24. The molecule has 1 unspecified atom stereocenters. The maximum Gasteiger partial charge on any atom is 0.259 e. The van der Waals surface area contributed by atoms with Crippen LogP contribution in [0, 0.1) is 0 Å². The minimum Gasteiger partial charge on any atom is -0.497 e. The molecule has 1 aliphatic carbocycles. The lowest BCUT2D eigenvalue weighted by Crippen LogP contribution is -2.25. The number of aryl methyl sites for hydroxylation is 2. The molecule has 0 saturated heterocycles. The van der Waals surface area contributed by atoms with Crippen LogP contribution in [0.3, 0.4) is 0 Å². The summed E-state index contributed by atoms with van der Waals surface area (Å²) in [5.74, 6) is 1.58. The van der Waals surface area contributed by atoms with E-state index in [-0.39, 0.29) is 11.6 Å². The number of rotatable bonds is 5. The summed E-state index contributed by atoms with van der Waals surface area (Å²) < 4.78 is 5.22. The normalized spacial score (nSPS) is 14.8. The minimum atomic E-state index is 0.00917. The number of methoxy groups -OCH3 is 1. The van der Waals surface area contributed by atoms with Crippen molar-refractivity contribution in [3.63, 3.8) is 0 Å². The molecule has 2 heterocycles. The number of nitrogens with zero attached hydrogens (tertiary/aromatic N) is 2. The van der Waals surface area contributed by atoms with Crippen LogP contribution in [0.4, 0.5) is 0 Å². The van der Waals surface area contributed by atoms with Crippen molar-refractivity contribution in [1.29, 1.82) is 0 Å². The van der Waals surface area contributed by atoms with Crippen LogP contribution >= 0.6 is 11.3 Å². The zero-order valence-electron chi connectivity index (χ0n) is 15.3. The summed E-state index contributed by atoms with van der Waals surface area (Å²) in [5, 5.41) is 0.817. The molecule has 1 aromatic carbocycles. The third kappa shape index (κ3) is 3.04. The Labute approximate surface area is 156 Å². The second-order valence-corrected chi connectivity index (χ2v) is 8.00. The standard InChI is InChI=1S/C20H23N3O2S/c1-12(13-7-9-14(25-3)10-8-13)23(2)11-17-21-19(24)18-15-5-4-6-16(15)26-20(18)22-17/h7-10,12H,4-6,11H2,1-3H3,(H,21,22,24). The highest BCUT2D eigenvalue weighted by Crippen LogP contribution is 2.34. The third-order valence-corrected chi connectivity index (χ3v) is 6.47. The van der Waals surface area contributed by atoms with E-state index in [4.69, 9.17) is 9.72 Å². The van der Waals surface area contributed by atoms with Gasteiger partial charge in [0.1, 0.15) is 16.4 Å². The zero-order chi connectivity index (χ0) is 18.3. The van der Waals surface area contributed by atoms with Crippen LogP contribution in [0.15, 0.2) is 29.1 Å². The molecule has 0 aliphatic heterocycles. The maximum absolute atomic E-state index is 12.6. The van der Waals surface area contributed by atoms with E-state index in [0.717, 1.165) is 41.1 Å². The Bertz CT molecular complexity index is 991. The average Bonchev–Trinajstić information content (AvgIpc) is 3.21. The van der Waals surface area contributed by atoms with Crippen molar-refractivity contribution >= 4 is 21.6 Å². The Hall–Kier alpha value is -2.18. The largest absolute Gasteiger partial charge is 0.497 e. The first kappa shape index (κ1) is 17.2. The molecule has 6 heteroatoms. The van der Waals surface area contributed by atoms with E-state index in [9.17, 15) is 4.79 Å². The van der Waals surface area contributed by atoms with Gasteiger partial charge in [0, 0.05) is 10.9 Å². The summed E-state index contributed by atoms with van der Waals surface area (Å²) in [6, 6.07) is 8.29. The summed E-state index contributed by atoms with van der Waals surface area (Å²) in [6.07, 6.45) is 3.24. The summed E-state index contributed by atoms with van der Waals surface area (Å²) >= 11 is 1.69. The molecule has 1 N–H and O–H groups in total. The average molecular weight is 369 g/mol. The number of benzene rings is 1. The quantitative estimate of drug-likeness (QED) is 0.745. The fourth-order valence-electron chi connectivity index (χ4n) is 3.63. The Balaban J connectivity index is 1.57. The lowest BCUT2D eigenvalue weighted by molar-refractivity contribution is 0.247. The van der Waals surface area contributed by atoms with E-state index in [0.29, 0.717) is 6.54 Å². The molecule has 0 spiro atoms. The van der Waals surface area contributed by atoms with Crippen molar-refractivity contribution in [1.82, 2.24) is 14.9 Å². The molecule has 26 heavy (non-hydrogen) atoms. The molecule has 0 saturated carbocycles. The molecule has 0 bridgehead atoms. The third-order valence-electron chi connectivity index (χ3n) is 5.28. The summed E-state index contributed by atoms with van der Waals surface area (Å²) in [7, 11) is 3.72. The summed E-state index contributed by atoms with van der Waals surface area (Å²) in [5.41, 5.74) is 2.44. The molecule has 3 aromatic rings. The van der Waals surface area contributed by atoms with Crippen molar-refractivity contribution in [2.75, 3.05) is 14.2 Å². The first-order valence-corrected chi connectivity index (χ1v) is 9.76. The van der Waals surface area contributed by atoms with Gasteiger partial charge < -0.3 is 9.72 Å². The number of aromatic nitrogens is 2. The van der Waals surface area contributed by atoms with Gasteiger partial charge in [-0.05, 0) is 56.5 Å². The minimum absolute atomic E-state index is 0.00917. The second kappa shape index (κ2) is 6.85. The fourth-order valence-corrected chi connectivity index (χ4v) is 4.91. The van der Waals surface area contributed by atoms with E-state index >= 15 is 0 Å². The maximum atomic E-state index is 12.6. The van der Waals surface area contributed by atoms with Crippen LogP contribution in [-0.4, -0.2) is 29.0 Å². The smallest absolute Gasteiger partial charge is 0.259 e. The second-order valence-electron chi connectivity index (χ2n) is 6.91. The molecule has 4 rings (SSSR count). The van der Waals surface area contributed by atoms with Crippen LogP contribution in [0.25, 0.3) is 10.2 Å². The van der Waals surface area contributed by atoms with Gasteiger partial charge in [-0.2, -0.15) is 0 Å². The van der Waals surface area contributed by atoms with E-state index in [1.807, 2.05) is 19.2 Å². The van der Waals surface area contributed by atoms with E-state index in [1.165, 1.54) is 16.0 Å². The highest BCUT2D eigenvalue weighted by atomic mass is 32.1. The molecule has 0 fully saturated rings. The van der Waals surface area contributed by atoms with Crippen molar-refractivity contribution in [2.45, 2.75) is 38.8 Å². The van der Waals surface area contributed by atoms with Crippen LogP contribution < -0.4 is 10.3 Å². The van der Waals surface area contributed by atoms with Gasteiger partial charge in [0.25, 0.3) is 5.56 Å². The number of ether oxygens (including phenoxy) is 1. The monoisotopic (exact) mass is 369 g/mol. The number of fused-ring (bicyclic) bond motifs is 3. The van der Waals surface area contributed by atoms with Crippen molar-refractivity contribution < 1.29 is 4.74 Å². The Morgan fingerprint density at radius 2 is 2.08 bits per heavy atom. The Morgan fingerprint density at radius 1 is 1.31 bits per heavy atom. The topological polar surface area (TPSA) is 58.2 Å². The van der Waals surface area contributed by atoms with Gasteiger partial charge in [-0.15, -0.1) is 11.3 Å². The number of hydrogen-bond acceptors (Lipinski definition) is 5. The van der Waals surface area contributed by atoms with Gasteiger partial charge in [0.2, 0.25) is 0 Å². The lowest BCUT2D eigenvalue weighted by atomic mass is 10.1. The number of aromatic amines is 1. The van der Waals surface area contributed by atoms with Crippen LogP contribution in [0.5, 0.6) is 5.75 Å². The van der Waals surface area contributed by atoms with Gasteiger partial charge in [-0.25, -0.2) is 4.98 Å². The van der Waals surface area contributed by atoms with Crippen LogP contribution in [-0.2, 0) is 19.4 Å². The summed E-state index contributed by atoms with van der Waals surface area (Å²) in [6.45, 7) is 2.75. The molecule has 0 amide bonds. The molecule has 136 valence electrons. The summed E-state index contributed by atoms with van der Waals surface area (Å²) in [4.78, 5) is 24.8. The van der Waals surface area contributed by atoms with E-state index < -0.39 is 0 Å². The zero-order valence-corrected chi connectivity index (χ0v) is 16.2. The van der Waals surface area contributed by atoms with Crippen LogP contribution in [0.1, 0.15) is 41.2 Å². The molecular weight excluding hydrogens is 346 g/mol. The molecule has 2 aromatic heterocycles. The predicted molar refractivity (Wildman–Crippen MR) is 105 cm³/mol. The Morgan fingerprint density at radius 3 is 2.81 bits per heavy atom. The molecular formula is C20H23N3O2S. The van der Waals surface area contributed by atoms with Gasteiger partial charge in [-0.1, -0.05) is 12.1 Å². The predicted octanol–water partition coefficient (Wildman–Crippen LogP) is 3.67. The van der Waals surface area contributed by atoms with E-state index in [1.54, 1.807) is 18.4 Å². The van der Waals surface area contributed by atoms with Gasteiger partial charge in [-0.3, -0.25) is 9.69 Å². The van der Waals surface area contributed by atoms with Gasteiger partial charge in [0.05, 0.1) is 19.0 Å². The van der Waals surface area contributed by atoms with Gasteiger partial charge in [0.15, 0.2) is 0 Å². The molecule has 1 atom stereocenters. The van der Waals surface area contributed by atoms with Crippen molar-refractivity contribution in [2.24, 2.45) is 0 Å². The highest BCUT2D eigenvalue weighted by Gasteiger charge is 2.21. The molecule has 0 radical (unpaired) electrons. The Kier molecular flexibility index (Phi) is 4.54. The number of hydrogen-bond donors (Lipinski definition) is 1. The highest BCUT2D eigenvalue weighted by molar-refractivity contribution is 7.18. The number of thiophene rings is 1. The SMILES string of the molecule is COc1ccc(C(C)N(C)Cc2nc3sc4c(c3c(=O)[nH]2)CCC4)cc1. The number of nitrogens with one attached hydrogen (secondary N) is 1. The molecule has 5 nitrogen and oxygen atoms in total.